The molecule has 3 amide bonds. The number of para-hydroxylation sites is 2. The number of hydrogen-bond acceptors (Lipinski definition) is 6. The van der Waals surface area contributed by atoms with E-state index >= 15 is 0 Å². The molecule has 0 spiro atoms. The topological polar surface area (TPSA) is 128 Å². The average molecular weight is 801 g/mol. The quantitative estimate of drug-likeness (QED) is 0.108. The van der Waals surface area contributed by atoms with E-state index in [0.29, 0.717) is 37.0 Å². The van der Waals surface area contributed by atoms with Crippen LogP contribution >= 0.6 is 0 Å². The van der Waals surface area contributed by atoms with Gasteiger partial charge in [-0.1, -0.05) is 103 Å². The van der Waals surface area contributed by atoms with Crippen LogP contribution in [0.25, 0.3) is 11.0 Å². The number of piperidine rings is 1. The number of aromatic amines is 1. The van der Waals surface area contributed by atoms with Gasteiger partial charge in [0, 0.05) is 24.5 Å². The molecule has 5 rings (SSSR count). The number of amides is 3. The maximum Gasteiger partial charge on any atom is 0.243 e. The molecule has 7 atom stereocenters. The van der Waals surface area contributed by atoms with Crippen molar-refractivity contribution in [2.45, 2.75) is 155 Å². The van der Waals surface area contributed by atoms with Gasteiger partial charge in [-0.05, 0) is 100 Å². The molecular formula is C46H72N6O4Si. The van der Waals surface area contributed by atoms with E-state index in [1.54, 1.807) is 0 Å². The second-order valence-electron chi connectivity index (χ2n) is 19.7. The molecule has 0 radical (unpaired) electrons. The normalized spacial score (nSPS) is 21.5. The van der Waals surface area contributed by atoms with Gasteiger partial charge in [0.05, 0.1) is 29.7 Å². The van der Waals surface area contributed by atoms with Crippen LogP contribution in [-0.2, 0) is 31.8 Å². The summed E-state index contributed by atoms with van der Waals surface area (Å²) in [6, 6.07) is 17.0. The van der Waals surface area contributed by atoms with Crippen molar-refractivity contribution in [1.29, 1.82) is 0 Å². The molecule has 2 aromatic carbocycles. The smallest absolute Gasteiger partial charge is 0.243 e. The van der Waals surface area contributed by atoms with Crippen molar-refractivity contribution in [3.05, 3.63) is 66.0 Å². The largest absolute Gasteiger partial charge is 0.413 e. The summed E-state index contributed by atoms with van der Waals surface area (Å²) < 4.78 is 7.32. The second kappa shape index (κ2) is 19.0. The lowest BCUT2D eigenvalue weighted by Crippen LogP contribution is -2.59. The first-order valence-electron chi connectivity index (χ1n) is 21.6. The molecule has 1 aliphatic heterocycles. The second-order valence-corrected chi connectivity index (χ2v) is 24.4. The van der Waals surface area contributed by atoms with Gasteiger partial charge in [0.15, 0.2) is 8.32 Å². The van der Waals surface area contributed by atoms with Crippen molar-refractivity contribution in [3.63, 3.8) is 0 Å². The molecule has 2 heterocycles. The molecule has 57 heavy (non-hydrogen) atoms. The number of carbonyl (C=O) groups excluding carboxylic acids is 3. The Morgan fingerprint density at radius 1 is 0.947 bits per heavy atom. The molecule has 10 nitrogen and oxygen atoms in total. The van der Waals surface area contributed by atoms with Gasteiger partial charge in [-0.15, -0.1) is 0 Å². The number of nitrogens with one attached hydrogen (secondary N) is 4. The van der Waals surface area contributed by atoms with E-state index < -0.39 is 20.3 Å². The van der Waals surface area contributed by atoms with Crippen molar-refractivity contribution in [2.75, 3.05) is 13.1 Å². The predicted molar refractivity (Wildman–Crippen MR) is 233 cm³/mol. The highest BCUT2D eigenvalue weighted by Gasteiger charge is 2.44. The van der Waals surface area contributed by atoms with Crippen molar-refractivity contribution in [2.24, 2.45) is 23.7 Å². The summed E-state index contributed by atoms with van der Waals surface area (Å²) in [6.07, 6.45) is 7.11. The number of aromatic nitrogens is 2. The molecule has 0 unspecified atom stereocenters. The maximum absolute atomic E-state index is 14.8. The Hall–Kier alpha value is -3.54. The SMILES string of the molecule is CC[C@H](C)[C@H](NC(=O)[C@H](Cc1ccccc1)C[C@H](CN1C[C@H]2CCCC[C@H]2C[C@H]1C(=O)NC(C)(C)C)O[Si](C)(C)C(C)(C)C)C(=O)NCc1nc2ccccc2[nH]1. The minimum absolute atomic E-state index is 0.0542. The van der Waals surface area contributed by atoms with Crippen molar-refractivity contribution >= 4 is 37.1 Å². The van der Waals surface area contributed by atoms with Gasteiger partial charge in [-0.3, -0.25) is 19.3 Å². The van der Waals surface area contributed by atoms with Crippen LogP contribution < -0.4 is 16.0 Å². The van der Waals surface area contributed by atoms with Gasteiger partial charge in [-0.2, -0.15) is 0 Å². The number of hydrogen-bond donors (Lipinski definition) is 4. The third-order valence-corrected chi connectivity index (χ3v) is 17.4. The molecule has 1 saturated heterocycles. The third kappa shape index (κ3) is 12.2. The molecule has 1 aliphatic carbocycles. The number of nitrogens with zero attached hydrogens (tertiary/aromatic N) is 2. The minimum Gasteiger partial charge on any atom is -0.413 e. The molecular weight excluding hydrogens is 729 g/mol. The highest BCUT2D eigenvalue weighted by molar-refractivity contribution is 6.74. The van der Waals surface area contributed by atoms with Gasteiger partial charge in [0.25, 0.3) is 0 Å². The highest BCUT2D eigenvalue weighted by atomic mass is 28.4. The lowest BCUT2D eigenvalue weighted by atomic mass is 9.72. The zero-order chi connectivity index (χ0) is 41.5. The van der Waals surface area contributed by atoms with Crippen molar-refractivity contribution < 1.29 is 18.8 Å². The summed E-state index contributed by atoms with van der Waals surface area (Å²) in [5.41, 5.74) is 2.47. The zero-order valence-electron chi connectivity index (χ0n) is 36.5. The summed E-state index contributed by atoms with van der Waals surface area (Å²) in [5, 5.41) is 9.55. The van der Waals surface area contributed by atoms with Crippen LogP contribution in [0.1, 0.15) is 112 Å². The first-order valence-corrected chi connectivity index (χ1v) is 24.5. The van der Waals surface area contributed by atoms with E-state index in [9.17, 15) is 14.4 Å². The van der Waals surface area contributed by atoms with Crippen LogP contribution in [0, 0.1) is 23.7 Å². The van der Waals surface area contributed by atoms with Crippen LogP contribution in [0.4, 0.5) is 0 Å². The van der Waals surface area contributed by atoms with Crippen LogP contribution in [0.2, 0.25) is 18.1 Å². The summed E-state index contributed by atoms with van der Waals surface area (Å²) in [7, 11) is -2.33. The van der Waals surface area contributed by atoms with E-state index in [1.165, 1.54) is 25.7 Å². The summed E-state index contributed by atoms with van der Waals surface area (Å²) in [4.78, 5) is 53.1. The first-order chi connectivity index (χ1) is 26.8. The zero-order valence-corrected chi connectivity index (χ0v) is 37.5. The van der Waals surface area contributed by atoms with E-state index in [2.05, 4.69) is 76.8 Å². The summed E-state index contributed by atoms with van der Waals surface area (Å²) in [5.74, 6) is 0.917. The fourth-order valence-corrected chi connectivity index (χ4v) is 9.84. The molecule has 4 N–H and O–H groups in total. The monoisotopic (exact) mass is 801 g/mol. The van der Waals surface area contributed by atoms with Gasteiger partial charge in [0.2, 0.25) is 17.7 Å². The predicted octanol–water partition coefficient (Wildman–Crippen LogP) is 8.14. The van der Waals surface area contributed by atoms with Crippen molar-refractivity contribution in [1.82, 2.24) is 30.8 Å². The Balaban J connectivity index is 1.42. The molecule has 2 fully saturated rings. The number of imidazole rings is 1. The van der Waals surface area contributed by atoms with E-state index in [0.717, 1.165) is 36.0 Å². The Morgan fingerprint density at radius 2 is 1.61 bits per heavy atom. The van der Waals surface area contributed by atoms with Gasteiger partial charge in [0.1, 0.15) is 11.9 Å². The number of rotatable bonds is 16. The minimum atomic E-state index is -2.33. The van der Waals surface area contributed by atoms with Crippen LogP contribution in [0.15, 0.2) is 54.6 Å². The lowest BCUT2D eigenvalue weighted by molar-refractivity contribution is -0.134. The van der Waals surface area contributed by atoms with Crippen LogP contribution in [-0.4, -0.2) is 77.7 Å². The highest BCUT2D eigenvalue weighted by Crippen LogP contribution is 2.41. The lowest BCUT2D eigenvalue weighted by Gasteiger charge is -2.48. The van der Waals surface area contributed by atoms with Gasteiger partial charge >= 0.3 is 0 Å². The summed E-state index contributed by atoms with van der Waals surface area (Å²) in [6.45, 7) is 23.1. The van der Waals surface area contributed by atoms with E-state index in [-0.39, 0.29) is 52.9 Å². The first kappa shape index (κ1) is 44.6. The number of benzene rings is 2. The molecule has 2 aliphatic rings. The fraction of sp³-hybridized carbons (Fsp3) is 0.652. The molecule has 3 aromatic rings. The van der Waals surface area contributed by atoms with Gasteiger partial charge in [-0.25, -0.2) is 4.98 Å². The Bertz CT molecular complexity index is 1750. The van der Waals surface area contributed by atoms with Crippen LogP contribution in [0.5, 0.6) is 0 Å². The Morgan fingerprint density at radius 3 is 2.26 bits per heavy atom. The fourth-order valence-electron chi connectivity index (χ4n) is 8.48. The Labute approximate surface area is 343 Å². The average Bonchev–Trinajstić information content (AvgIpc) is 3.57. The molecule has 314 valence electrons. The maximum atomic E-state index is 14.8. The van der Waals surface area contributed by atoms with Crippen molar-refractivity contribution in [3.8, 4) is 0 Å². The number of fused-ring (bicyclic) bond motifs is 2. The van der Waals surface area contributed by atoms with E-state index in [4.69, 9.17) is 4.43 Å². The Kier molecular flexibility index (Phi) is 14.9. The summed E-state index contributed by atoms with van der Waals surface area (Å²) >= 11 is 0. The third-order valence-electron chi connectivity index (χ3n) is 12.9. The molecule has 1 saturated carbocycles. The number of H-pyrrole nitrogens is 1. The van der Waals surface area contributed by atoms with E-state index in [1.807, 2.05) is 77.1 Å². The standard InChI is InChI=1S/C46H72N6O4Si/c1-11-31(2)41(44(55)47-28-40-48-37-23-17-18-24-38(37)49-40)50-42(53)35(25-32-19-13-12-14-20-32)26-36(56-57(9,10)46(6,7)8)30-52-29-34-22-16-15-21-33(34)27-39(52)43(54)51-45(3,4)5/h12-14,17-20,23-24,31,33-36,39,41H,11,15-16,21-22,25-30H2,1-10H3,(H,47,55)(H,48,49)(H,50,53)(H,51,54)/t31-,33-,34+,35+,36+,39-,41-/m0/s1. The molecule has 1 aromatic heterocycles. The van der Waals surface area contributed by atoms with Gasteiger partial charge < -0.3 is 25.4 Å². The number of carbonyl (C=O) groups is 3. The molecule has 0 bridgehead atoms. The number of likely N-dealkylation sites (tertiary alicyclic amines) is 1. The molecule has 11 heteroatoms. The van der Waals surface area contributed by atoms with Crippen LogP contribution in [0.3, 0.4) is 0 Å².